The van der Waals surface area contributed by atoms with E-state index in [1.54, 1.807) is 60.7 Å². The molecule has 0 saturated carbocycles. The molecule has 0 aliphatic rings. The van der Waals surface area contributed by atoms with Crippen molar-refractivity contribution >= 4 is 50.0 Å². The molecule has 2 aromatic heterocycles. The monoisotopic (exact) mass is 455 g/mol. The quantitative estimate of drug-likeness (QED) is 0.416. The van der Waals surface area contributed by atoms with E-state index >= 15 is 0 Å². The number of aromatic nitrogens is 1. The molecule has 152 valence electrons. The second kappa shape index (κ2) is 8.39. The maximum atomic E-state index is 12.8. The van der Waals surface area contributed by atoms with Crippen molar-refractivity contribution in [3.63, 3.8) is 0 Å². The Balaban J connectivity index is 1.52. The van der Waals surface area contributed by atoms with Crippen LogP contribution in [0, 0.1) is 6.92 Å². The third-order valence-electron chi connectivity index (χ3n) is 4.20. The van der Waals surface area contributed by atoms with Gasteiger partial charge >= 0.3 is 0 Å². The van der Waals surface area contributed by atoms with Crippen LogP contribution in [-0.2, 0) is 10.0 Å². The van der Waals surface area contributed by atoms with Crippen molar-refractivity contribution in [3.05, 3.63) is 82.0 Å². The predicted octanol–water partition coefficient (Wildman–Crippen LogP) is 5.23. The lowest BCUT2D eigenvalue weighted by Gasteiger charge is -2.10. The van der Waals surface area contributed by atoms with Crippen molar-refractivity contribution < 1.29 is 13.2 Å². The maximum Gasteiger partial charge on any atom is 0.267 e. The minimum absolute atomic E-state index is 0.167. The Bertz CT molecular complexity index is 1280. The highest BCUT2D eigenvalue weighted by Crippen LogP contribution is 2.30. The largest absolute Gasteiger partial charge is 0.321 e. The second-order valence-corrected chi connectivity index (χ2v) is 9.86. The number of sulfonamides is 1. The third-order valence-corrected chi connectivity index (χ3v) is 7.48. The van der Waals surface area contributed by atoms with Crippen LogP contribution in [0.15, 0.2) is 76.3 Å². The van der Waals surface area contributed by atoms with Gasteiger partial charge in [0.15, 0.2) is 0 Å². The number of rotatable bonds is 6. The Hall–Kier alpha value is -3.01. The fraction of sp³-hybridized carbons (Fsp3) is 0.0476. The van der Waals surface area contributed by atoms with Crippen molar-refractivity contribution in [2.24, 2.45) is 0 Å². The lowest BCUT2D eigenvalue weighted by molar-refractivity contribution is 0.103. The number of hydrogen-bond donors (Lipinski definition) is 2. The summed E-state index contributed by atoms with van der Waals surface area (Å²) in [5, 5.41) is 7.57. The number of hydrogen-bond acceptors (Lipinski definition) is 6. The number of carbonyl (C=O) groups excluding carboxylic acids is 1. The molecule has 0 atom stereocenters. The van der Waals surface area contributed by atoms with E-state index in [-0.39, 0.29) is 10.8 Å². The molecule has 2 aromatic carbocycles. The average Bonchev–Trinajstić information content (AvgIpc) is 3.38. The lowest BCUT2D eigenvalue weighted by atomic mass is 10.2. The summed E-state index contributed by atoms with van der Waals surface area (Å²) in [7, 11) is -3.71. The van der Waals surface area contributed by atoms with Crippen LogP contribution >= 0.6 is 22.7 Å². The van der Waals surface area contributed by atoms with E-state index in [1.807, 2.05) is 16.8 Å². The van der Waals surface area contributed by atoms with Gasteiger partial charge < -0.3 is 5.32 Å². The van der Waals surface area contributed by atoms with Crippen LogP contribution in [-0.4, -0.2) is 19.3 Å². The van der Waals surface area contributed by atoms with Gasteiger partial charge in [-0.2, -0.15) is 11.3 Å². The number of anilines is 2. The molecule has 0 fully saturated rings. The van der Waals surface area contributed by atoms with E-state index in [0.717, 1.165) is 10.6 Å². The standard InChI is InChI=1S/C21H17N3O3S3/c1-14-19(29-21(22-14)15-10-11-28-13-15)20(25)23-16-6-5-7-17(12-16)24-30(26,27)18-8-3-2-4-9-18/h2-13,24H,1H3,(H,23,25). The van der Waals surface area contributed by atoms with Crippen LogP contribution < -0.4 is 10.0 Å². The molecule has 4 rings (SSSR count). The van der Waals surface area contributed by atoms with Gasteiger partial charge in [-0.1, -0.05) is 24.3 Å². The Morgan fingerprint density at radius 2 is 1.77 bits per heavy atom. The summed E-state index contributed by atoms with van der Waals surface area (Å²) in [6.07, 6.45) is 0. The summed E-state index contributed by atoms with van der Waals surface area (Å²) in [6, 6.07) is 16.7. The van der Waals surface area contributed by atoms with Gasteiger partial charge in [-0.05, 0) is 48.7 Å². The van der Waals surface area contributed by atoms with Crippen LogP contribution in [0.2, 0.25) is 0 Å². The first kappa shape index (κ1) is 20.3. The number of thiazole rings is 1. The highest BCUT2D eigenvalue weighted by molar-refractivity contribution is 7.92. The summed E-state index contributed by atoms with van der Waals surface area (Å²) >= 11 is 2.90. The number of aryl methyl sites for hydroxylation is 1. The zero-order chi connectivity index (χ0) is 21.1. The van der Waals surface area contributed by atoms with Gasteiger partial charge in [0.1, 0.15) is 9.88 Å². The summed E-state index contributed by atoms with van der Waals surface area (Å²) in [4.78, 5) is 17.9. The minimum atomic E-state index is -3.71. The normalized spacial score (nSPS) is 11.2. The summed E-state index contributed by atoms with van der Waals surface area (Å²) in [5.41, 5.74) is 2.49. The molecule has 0 spiro atoms. The molecule has 2 N–H and O–H groups in total. The number of nitrogens with one attached hydrogen (secondary N) is 2. The summed E-state index contributed by atoms with van der Waals surface area (Å²) < 4.78 is 27.6. The molecule has 0 aliphatic heterocycles. The first-order valence-electron chi connectivity index (χ1n) is 8.92. The van der Waals surface area contributed by atoms with Gasteiger partial charge in [-0.15, -0.1) is 11.3 Å². The highest BCUT2D eigenvalue weighted by Gasteiger charge is 2.18. The minimum Gasteiger partial charge on any atom is -0.321 e. The van der Waals surface area contributed by atoms with Crippen LogP contribution in [0.4, 0.5) is 11.4 Å². The van der Waals surface area contributed by atoms with Crippen LogP contribution in [0.3, 0.4) is 0 Å². The van der Waals surface area contributed by atoms with Crippen LogP contribution in [0.25, 0.3) is 10.6 Å². The fourth-order valence-corrected chi connectivity index (χ4v) is 5.52. The van der Waals surface area contributed by atoms with Crippen LogP contribution in [0.5, 0.6) is 0 Å². The number of amides is 1. The summed E-state index contributed by atoms with van der Waals surface area (Å²) in [6.45, 7) is 1.80. The molecule has 0 unspecified atom stereocenters. The number of nitrogens with zero attached hydrogens (tertiary/aromatic N) is 1. The van der Waals surface area contributed by atoms with Gasteiger partial charge in [-0.3, -0.25) is 9.52 Å². The van der Waals surface area contributed by atoms with Crippen LogP contribution in [0.1, 0.15) is 15.4 Å². The molecule has 4 aromatic rings. The van der Waals surface area contributed by atoms with Gasteiger partial charge in [0, 0.05) is 16.6 Å². The van der Waals surface area contributed by atoms with Gasteiger partial charge in [-0.25, -0.2) is 13.4 Å². The van der Waals surface area contributed by atoms with E-state index in [0.29, 0.717) is 21.9 Å². The third kappa shape index (κ3) is 4.43. The van der Waals surface area contributed by atoms with Crippen molar-refractivity contribution in [3.8, 4) is 10.6 Å². The van der Waals surface area contributed by atoms with E-state index < -0.39 is 10.0 Å². The maximum absolute atomic E-state index is 12.8. The first-order chi connectivity index (χ1) is 14.4. The summed E-state index contributed by atoms with van der Waals surface area (Å²) in [5.74, 6) is -0.283. The predicted molar refractivity (Wildman–Crippen MR) is 122 cm³/mol. The van der Waals surface area contributed by atoms with Crippen molar-refractivity contribution in [1.82, 2.24) is 4.98 Å². The van der Waals surface area contributed by atoms with Gasteiger partial charge in [0.25, 0.3) is 15.9 Å². The van der Waals surface area contributed by atoms with E-state index in [9.17, 15) is 13.2 Å². The number of benzene rings is 2. The Morgan fingerprint density at radius 1 is 1.00 bits per heavy atom. The molecule has 1 amide bonds. The molecule has 0 saturated heterocycles. The molecular weight excluding hydrogens is 438 g/mol. The molecule has 0 bridgehead atoms. The molecule has 9 heteroatoms. The lowest BCUT2D eigenvalue weighted by Crippen LogP contribution is -2.14. The molecule has 2 heterocycles. The molecule has 30 heavy (non-hydrogen) atoms. The van der Waals surface area contributed by atoms with E-state index in [4.69, 9.17) is 0 Å². The van der Waals surface area contributed by atoms with E-state index in [1.165, 1.54) is 23.5 Å². The number of carbonyl (C=O) groups is 1. The zero-order valence-corrected chi connectivity index (χ0v) is 18.3. The topological polar surface area (TPSA) is 88.2 Å². The van der Waals surface area contributed by atoms with Gasteiger partial charge in [0.2, 0.25) is 0 Å². The second-order valence-electron chi connectivity index (χ2n) is 6.40. The Labute approximate surface area is 182 Å². The van der Waals surface area contributed by atoms with Crippen molar-refractivity contribution in [1.29, 1.82) is 0 Å². The average molecular weight is 456 g/mol. The highest BCUT2D eigenvalue weighted by atomic mass is 32.2. The molecule has 0 radical (unpaired) electrons. The molecule has 0 aliphatic carbocycles. The Kier molecular flexibility index (Phi) is 5.67. The fourth-order valence-electron chi connectivity index (χ4n) is 2.78. The van der Waals surface area contributed by atoms with Crippen molar-refractivity contribution in [2.45, 2.75) is 11.8 Å². The molecular formula is C21H17N3O3S3. The number of thiophene rings is 1. The molecule has 6 nitrogen and oxygen atoms in total. The smallest absolute Gasteiger partial charge is 0.267 e. The Morgan fingerprint density at radius 3 is 2.50 bits per heavy atom. The SMILES string of the molecule is Cc1nc(-c2ccsc2)sc1C(=O)Nc1cccc(NS(=O)(=O)c2ccccc2)c1. The van der Waals surface area contributed by atoms with Crippen molar-refractivity contribution in [2.75, 3.05) is 10.0 Å². The van der Waals surface area contributed by atoms with Gasteiger partial charge in [0.05, 0.1) is 16.3 Å². The zero-order valence-electron chi connectivity index (χ0n) is 15.8. The van der Waals surface area contributed by atoms with E-state index in [2.05, 4.69) is 15.0 Å². The first-order valence-corrected chi connectivity index (χ1v) is 12.2.